The first-order valence-corrected chi connectivity index (χ1v) is 8.08. The number of anilines is 2. The molecule has 6 nitrogen and oxygen atoms in total. The van der Waals surface area contributed by atoms with Crippen LogP contribution in [0.3, 0.4) is 0 Å². The van der Waals surface area contributed by atoms with E-state index in [1.165, 1.54) is 6.07 Å². The summed E-state index contributed by atoms with van der Waals surface area (Å²) in [6, 6.07) is 3.46. The van der Waals surface area contributed by atoms with Crippen LogP contribution in [0.4, 0.5) is 20.3 Å². The Morgan fingerprint density at radius 2 is 2.00 bits per heavy atom. The van der Waals surface area contributed by atoms with Gasteiger partial charge in [0.05, 0.1) is 12.2 Å². The molecule has 0 bridgehead atoms. The van der Waals surface area contributed by atoms with Crippen LogP contribution in [-0.4, -0.2) is 24.7 Å². The van der Waals surface area contributed by atoms with Gasteiger partial charge < -0.3 is 4.90 Å². The highest BCUT2D eigenvalue weighted by Gasteiger charge is 2.36. The van der Waals surface area contributed by atoms with Crippen LogP contribution in [0.25, 0.3) is 5.69 Å². The van der Waals surface area contributed by atoms with E-state index in [0.29, 0.717) is 35.3 Å². The van der Waals surface area contributed by atoms with Gasteiger partial charge in [0, 0.05) is 11.8 Å². The first-order valence-electron chi connectivity index (χ1n) is 7.70. The third-order valence-corrected chi connectivity index (χ3v) is 4.40. The molecule has 0 saturated heterocycles. The fraction of sp³-hybridized carbons (Fsp3) is 0.250. The van der Waals surface area contributed by atoms with Crippen molar-refractivity contribution in [1.29, 1.82) is 0 Å². The Morgan fingerprint density at radius 3 is 2.72 bits per heavy atom. The number of rotatable bonds is 2. The molecule has 128 valence electrons. The predicted molar refractivity (Wildman–Crippen MR) is 88.2 cm³/mol. The average molecular weight is 363 g/mol. The lowest BCUT2D eigenvalue weighted by Gasteiger charge is -2.37. The van der Waals surface area contributed by atoms with E-state index in [2.05, 4.69) is 20.2 Å². The molecule has 0 fully saturated rings. The maximum atomic E-state index is 13.8. The van der Waals surface area contributed by atoms with Crippen LogP contribution in [0.1, 0.15) is 31.0 Å². The fourth-order valence-corrected chi connectivity index (χ4v) is 3.27. The third-order valence-electron chi connectivity index (χ3n) is 4.22. The van der Waals surface area contributed by atoms with Crippen LogP contribution in [-0.2, 0) is 0 Å². The zero-order chi connectivity index (χ0) is 17.7. The topological polar surface area (TPSA) is 59.7 Å². The molecule has 0 aliphatic carbocycles. The van der Waals surface area contributed by atoms with E-state index >= 15 is 0 Å². The SMILES string of the molecule is CCC1c2nnc(C)n2-c2cnc(Cl)nc2N1c1ccc(F)c(F)c1. The van der Waals surface area contributed by atoms with Gasteiger partial charge in [-0.25, -0.2) is 13.8 Å². The third kappa shape index (κ3) is 2.36. The van der Waals surface area contributed by atoms with Crippen molar-refractivity contribution >= 4 is 23.1 Å². The molecule has 25 heavy (non-hydrogen) atoms. The predicted octanol–water partition coefficient (Wildman–Crippen LogP) is 3.90. The number of nitrogens with zero attached hydrogens (tertiary/aromatic N) is 6. The normalized spacial score (nSPS) is 15.9. The molecule has 1 aromatic carbocycles. The van der Waals surface area contributed by atoms with Gasteiger partial charge >= 0.3 is 0 Å². The summed E-state index contributed by atoms with van der Waals surface area (Å²) in [4.78, 5) is 10.2. The van der Waals surface area contributed by atoms with Gasteiger partial charge in [-0.05, 0) is 37.1 Å². The number of benzene rings is 1. The Hall–Kier alpha value is -2.61. The maximum absolute atomic E-state index is 13.8. The molecule has 0 N–H and O–H groups in total. The average Bonchev–Trinajstić information content (AvgIpc) is 2.98. The zero-order valence-electron chi connectivity index (χ0n) is 13.4. The van der Waals surface area contributed by atoms with Crippen molar-refractivity contribution < 1.29 is 8.78 Å². The highest BCUT2D eigenvalue weighted by Crippen LogP contribution is 2.43. The molecule has 1 unspecified atom stereocenters. The van der Waals surface area contributed by atoms with Gasteiger partial charge in [-0.15, -0.1) is 10.2 Å². The fourth-order valence-electron chi connectivity index (χ4n) is 3.14. The summed E-state index contributed by atoms with van der Waals surface area (Å²) >= 11 is 5.99. The lowest BCUT2D eigenvalue weighted by Crippen LogP contribution is -2.32. The van der Waals surface area contributed by atoms with Gasteiger partial charge in [0.15, 0.2) is 23.3 Å². The van der Waals surface area contributed by atoms with Crippen LogP contribution in [0.2, 0.25) is 5.28 Å². The van der Waals surface area contributed by atoms with Gasteiger partial charge in [0.25, 0.3) is 0 Å². The molecule has 1 atom stereocenters. The van der Waals surface area contributed by atoms with E-state index in [1.807, 2.05) is 18.4 Å². The van der Waals surface area contributed by atoms with E-state index < -0.39 is 11.6 Å². The monoisotopic (exact) mass is 362 g/mol. The van der Waals surface area contributed by atoms with Crippen molar-refractivity contribution in [2.24, 2.45) is 0 Å². The summed E-state index contributed by atoms with van der Waals surface area (Å²) < 4.78 is 29.1. The van der Waals surface area contributed by atoms with Crippen LogP contribution in [0.5, 0.6) is 0 Å². The number of aromatic nitrogens is 5. The van der Waals surface area contributed by atoms with Crippen molar-refractivity contribution in [3.63, 3.8) is 0 Å². The number of halogens is 3. The van der Waals surface area contributed by atoms with Crippen molar-refractivity contribution in [2.45, 2.75) is 26.3 Å². The molecular formula is C16H13ClF2N6. The van der Waals surface area contributed by atoms with E-state index in [4.69, 9.17) is 11.6 Å². The number of hydrogen-bond donors (Lipinski definition) is 0. The minimum atomic E-state index is -0.933. The van der Waals surface area contributed by atoms with Gasteiger partial charge in [0.1, 0.15) is 11.5 Å². The smallest absolute Gasteiger partial charge is 0.224 e. The van der Waals surface area contributed by atoms with Crippen molar-refractivity contribution in [2.75, 3.05) is 4.90 Å². The molecule has 3 heterocycles. The van der Waals surface area contributed by atoms with Gasteiger partial charge in [-0.1, -0.05) is 6.92 Å². The molecule has 0 spiro atoms. The van der Waals surface area contributed by atoms with Crippen LogP contribution >= 0.6 is 11.6 Å². The second kappa shape index (κ2) is 5.73. The summed E-state index contributed by atoms with van der Waals surface area (Å²) in [6.45, 7) is 3.80. The largest absolute Gasteiger partial charge is 0.314 e. The Morgan fingerprint density at radius 1 is 1.20 bits per heavy atom. The zero-order valence-corrected chi connectivity index (χ0v) is 14.2. The molecule has 1 aliphatic heterocycles. The maximum Gasteiger partial charge on any atom is 0.224 e. The highest BCUT2D eigenvalue weighted by molar-refractivity contribution is 6.28. The Balaban J connectivity index is 2.00. The van der Waals surface area contributed by atoms with Crippen LogP contribution < -0.4 is 4.90 Å². The number of hydrogen-bond acceptors (Lipinski definition) is 5. The minimum absolute atomic E-state index is 0.0652. The van der Waals surface area contributed by atoms with E-state index in [-0.39, 0.29) is 11.3 Å². The molecule has 4 rings (SSSR count). The summed E-state index contributed by atoms with van der Waals surface area (Å²) in [7, 11) is 0. The van der Waals surface area contributed by atoms with Crippen LogP contribution in [0, 0.1) is 18.6 Å². The second-order valence-electron chi connectivity index (χ2n) is 5.68. The van der Waals surface area contributed by atoms with E-state index in [0.717, 1.165) is 12.1 Å². The molecule has 3 aromatic rings. The second-order valence-corrected chi connectivity index (χ2v) is 6.02. The lowest BCUT2D eigenvalue weighted by atomic mass is 10.1. The van der Waals surface area contributed by atoms with Crippen molar-refractivity contribution in [3.05, 3.63) is 53.0 Å². The standard InChI is InChI=1S/C16H13ClF2N6/c1-3-12-15-23-22-8(2)24(15)13-7-20-16(17)21-14(13)25(12)9-4-5-10(18)11(19)6-9/h4-7,12H,3H2,1-2H3. The lowest BCUT2D eigenvalue weighted by molar-refractivity contribution is 0.507. The van der Waals surface area contributed by atoms with Gasteiger partial charge in [-0.2, -0.15) is 4.98 Å². The summed E-state index contributed by atoms with van der Waals surface area (Å²) in [5, 5.41) is 8.47. The van der Waals surface area contributed by atoms with E-state index in [1.54, 1.807) is 11.1 Å². The van der Waals surface area contributed by atoms with Gasteiger partial charge in [0.2, 0.25) is 5.28 Å². The highest BCUT2D eigenvalue weighted by atomic mass is 35.5. The minimum Gasteiger partial charge on any atom is -0.314 e. The van der Waals surface area contributed by atoms with Gasteiger partial charge in [-0.3, -0.25) is 4.57 Å². The van der Waals surface area contributed by atoms with Crippen molar-refractivity contribution in [1.82, 2.24) is 24.7 Å². The Bertz CT molecular complexity index is 973. The number of aryl methyl sites for hydroxylation is 1. The van der Waals surface area contributed by atoms with Crippen molar-refractivity contribution in [3.8, 4) is 5.69 Å². The quantitative estimate of drug-likeness (QED) is 0.647. The molecule has 2 aromatic heterocycles. The van der Waals surface area contributed by atoms with E-state index in [9.17, 15) is 8.78 Å². The summed E-state index contributed by atoms with van der Waals surface area (Å²) in [6.07, 6.45) is 2.22. The molecule has 0 saturated carbocycles. The molecule has 1 aliphatic rings. The van der Waals surface area contributed by atoms with Crippen LogP contribution in [0.15, 0.2) is 24.4 Å². The first-order chi connectivity index (χ1) is 12.0. The molecule has 0 radical (unpaired) electrons. The molecule has 9 heteroatoms. The summed E-state index contributed by atoms with van der Waals surface area (Å²) in [5.41, 5.74) is 1.09. The summed E-state index contributed by atoms with van der Waals surface area (Å²) in [5.74, 6) is 0.0213. The Kier molecular flexibility index (Phi) is 3.64. The molecule has 0 amide bonds. The first kappa shape index (κ1) is 15.9. The molecular weight excluding hydrogens is 350 g/mol. The number of fused-ring (bicyclic) bond motifs is 3. The Labute approximate surface area is 147 Å².